The second-order valence-corrected chi connectivity index (χ2v) is 10.6. The van der Waals surface area contributed by atoms with Gasteiger partial charge in [-0.15, -0.1) is 0 Å². The van der Waals surface area contributed by atoms with Crippen molar-refractivity contribution in [2.24, 2.45) is 0 Å². The predicted molar refractivity (Wildman–Crippen MR) is 137 cm³/mol. The molecule has 0 saturated heterocycles. The lowest BCUT2D eigenvalue weighted by Crippen LogP contribution is -2.39. The largest absolute Gasteiger partial charge is 0.325 e. The number of nitrogens with zero attached hydrogens (tertiary/aromatic N) is 1. The fourth-order valence-corrected chi connectivity index (χ4v) is 4.68. The minimum atomic E-state index is 0.663. The summed E-state index contributed by atoms with van der Waals surface area (Å²) >= 11 is 12.5. The fourth-order valence-electron chi connectivity index (χ4n) is 4.30. The molecule has 0 amide bonds. The molecule has 1 aromatic carbocycles. The molecule has 1 aromatic rings. The predicted octanol–water partition coefficient (Wildman–Crippen LogP) is 9.83. The molecule has 0 spiro atoms. The van der Waals surface area contributed by atoms with Crippen LogP contribution in [-0.2, 0) is 6.54 Å². The topological polar surface area (TPSA) is 0 Å². The van der Waals surface area contributed by atoms with Crippen LogP contribution in [0.5, 0.6) is 0 Å². The lowest BCUT2D eigenvalue weighted by Gasteiger charge is -2.30. The molecule has 0 radical (unpaired) electrons. The molecule has 0 unspecified atom stereocenters. The SMILES string of the molecule is CCCCCCCCCCCCCCCCCC[N+](C)(C)Cc1cccc(Cl)c1Cl. The van der Waals surface area contributed by atoms with Gasteiger partial charge in [-0.3, -0.25) is 0 Å². The third-order valence-corrected chi connectivity index (χ3v) is 7.10. The minimum absolute atomic E-state index is 0.663. The lowest BCUT2D eigenvalue weighted by molar-refractivity contribution is -0.903. The summed E-state index contributed by atoms with van der Waals surface area (Å²) in [5, 5.41) is 1.38. The van der Waals surface area contributed by atoms with E-state index < -0.39 is 0 Å². The molecule has 0 aliphatic heterocycles. The Morgan fingerprint density at radius 3 is 1.53 bits per heavy atom. The van der Waals surface area contributed by atoms with Crippen molar-refractivity contribution in [1.82, 2.24) is 0 Å². The molecule has 0 fully saturated rings. The number of benzene rings is 1. The summed E-state index contributed by atoms with van der Waals surface area (Å²) in [5.41, 5.74) is 1.16. The summed E-state index contributed by atoms with van der Waals surface area (Å²) in [6.07, 6.45) is 22.7. The maximum absolute atomic E-state index is 6.36. The molecule has 0 N–H and O–H groups in total. The van der Waals surface area contributed by atoms with E-state index in [4.69, 9.17) is 23.2 Å². The first-order valence-corrected chi connectivity index (χ1v) is 13.5. The van der Waals surface area contributed by atoms with Gasteiger partial charge in [0.05, 0.1) is 30.7 Å². The summed E-state index contributed by atoms with van der Waals surface area (Å²) in [5.74, 6) is 0. The van der Waals surface area contributed by atoms with Crippen LogP contribution in [0.25, 0.3) is 0 Å². The van der Waals surface area contributed by atoms with Gasteiger partial charge in [0.1, 0.15) is 6.54 Å². The molecule has 0 aliphatic rings. The summed E-state index contributed by atoms with van der Waals surface area (Å²) in [4.78, 5) is 0. The molecule has 30 heavy (non-hydrogen) atoms. The van der Waals surface area contributed by atoms with Crippen LogP contribution >= 0.6 is 23.2 Å². The molecule has 0 atom stereocenters. The van der Waals surface area contributed by atoms with E-state index in [9.17, 15) is 0 Å². The first kappa shape index (κ1) is 27.8. The van der Waals surface area contributed by atoms with Gasteiger partial charge < -0.3 is 4.48 Å². The highest BCUT2D eigenvalue weighted by atomic mass is 35.5. The molecule has 0 aromatic heterocycles. The summed E-state index contributed by atoms with van der Waals surface area (Å²) in [6, 6.07) is 5.96. The van der Waals surface area contributed by atoms with E-state index in [2.05, 4.69) is 27.1 Å². The zero-order valence-electron chi connectivity index (χ0n) is 20.2. The number of hydrogen-bond donors (Lipinski definition) is 0. The molecule has 0 bridgehead atoms. The van der Waals surface area contributed by atoms with Gasteiger partial charge in [-0.2, -0.15) is 0 Å². The fraction of sp³-hybridized carbons (Fsp3) is 0.778. The second-order valence-electron chi connectivity index (χ2n) is 9.83. The second kappa shape index (κ2) is 17.3. The quantitative estimate of drug-likeness (QED) is 0.143. The zero-order chi connectivity index (χ0) is 22.1. The van der Waals surface area contributed by atoms with Gasteiger partial charge in [0.15, 0.2) is 0 Å². The third kappa shape index (κ3) is 13.9. The molecular formula is C27H48Cl2N+. The van der Waals surface area contributed by atoms with Crippen molar-refractivity contribution >= 4 is 23.2 Å². The lowest BCUT2D eigenvalue weighted by atomic mass is 10.0. The smallest absolute Gasteiger partial charge is 0.105 e. The van der Waals surface area contributed by atoms with E-state index in [1.807, 2.05) is 12.1 Å². The Morgan fingerprint density at radius 2 is 1.07 bits per heavy atom. The molecule has 3 heteroatoms. The number of unbranched alkanes of at least 4 members (excludes halogenated alkanes) is 15. The van der Waals surface area contributed by atoms with Crippen LogP contribution in [0.15, 0.2) is 18.2 Å². The maximum atomic E-state index is 6.36. The molecule has 0 heterocycles. The summed E-state index contributed by atoms with van der Waals surface area (Å²) in [6.45, 7) is 4.43. The van der Waals surface area contributed by atoms with Gasteiger partial charge in [0.2, 0.25) is 0 Å². The van der Waals surface area contributed by atoms with Gasteiger partial charge in [-0.1, -0.05) is 132 Å². The van der Waals surface area contributed by atoms with Crippen molar-refractivity contribution in [2.75, 3.05) is 20.6 Å². The Morgan fingerprint density at radius 1 is 0.633 bits per heavy atom. The summed E-state index contributed by atoms with van der Waals surface area (Å²) in [7, 11) is 4.59. The Hall–Kier alpha value is -0.240. The van der Waals surface area contributed by atoms with E-state index in [0.717, 1.165) is 21.6 Å². The normalized spacial score (nSPS) is 11.9. The van der Waals surface area contributed by atoms with Gasteiger partial charge in [0.25, 0.3) is 0 Å². The van der Waals surface area contributed by atoms with Gasteiger partial charge >= 0.3 is 0 Å². The molecule has 1 nitrogen and oxygen atoms in total. The van der Waals surface area contributed by atoms with E-state index >= 15 is 0 Å². The van der Waals surface area contributed by atoms with E-state index in [0.29, 0.717) is 5.02 Å². The molecule has 174 valence electrons. The van der Waals surface area contributed by atoms with Crippen LogP contribution in [0.3, 0.4) is 0 Å². The molecule has 0 saturated carbocycles. The number of quaternary nitrogens is 1. The van der Waals surface area contributed by atoms with Gasteiger partial charge in [-0.05, 0) is 18.9 Å². The minimum Gasteiger partial charge on any atom is -0.325 e. The maximum Gasteiger partial charge on any atom is 0.105 e. The van der Waals surface area contributed by atoms with Crippen molar-refractivity contribution in [3.8, 4) is 0 Å². The van der Waals surface area contributed by atoms with E-state index in [1.54, 1.807) is 0 Å². The zero-order valence-corrected chi connectivity index (χ0v) is 21.7. The molecule has 0 aliphatic carbocycles. The first-order chi connectivity index (χ1) is 14.5. The Labute approximate surface area is 198 Å². The van der Waals surface area contributed by atoms with Crippen molar-refractivity contribution < 1.29 is 4.48 Å². The van der Waals surface area contributed by atoms with Crippen molar-refractivity contribution in [1.29, 1.82) is 0 Å². The van der Waals surface area contributed by atoms with Gasteiger partial charge in [0, 0.05) is 5.56 Å². The average Bonchev–Trinajstić information content (AvgIpc) is 2.71. The molecule has 1 rings (SSSR count). The number of hydrogen-bond acceptors (Lipinski definition) is 0. The van der Waals surface area contributed by atoms with Crippen molar-refractivity contribution in [3.05, 3.63) is 33.8 Å². The van der Waals surface area contributed by atoms with Crippen LogP contribution < -0.4 is 0 Å². The Balaban J connectivity index is 1.92. The first-order valence-electron chi connectivity index (χ1n) is 12.7. The number of rotatable bonds is 19. The Bertz CT molecular complexity index is 542. The van der Waals surface area contributed by atoms with Crippen molar-refractivity contribution in [2.45, 2.75) is 116 Å². The number of halogens is 2. The monoisotopic (exact) mass is 456 g/mol. The average molecular weight is 458 g/mol. The highest BCUT2D eigenvalue weighted by Crippen LogP contribution is 2.27. The standard InChI is InChI=1S/C27H48Cl2N/c1-4-5-6-7-8-9-10-11-12-13-14-15-16-17-18-19-23-30(2,3)24-25-21-20-22-26(28)27(25)29/h20-22H,4-19,23-24H2,1-3H3/q+1. The van der Waals surface area contributed by atoms with E-state index in [-0.39, 0.29) is 0 Å². The van der Waals surface area contributed by atoms with Crippen LogP contribution in [0.2, 0.25) is 10.0 Å². The third-order valence-electron chi connectivity index (χ3n) is 6.25. The Kier molecular flexibility index (Phi) is 16.1. The van der Waals surface area contributed by atoms with Crippen molar-refractivity contribution in [3.63, 3.8) is 0 Å². The summed E-state index contributed by atoms with van der Waals surface area (Å²) < 4.78 is 0.971. The highest BCUT2D eigenvalue weighted by molar-refractivity contribution is 6.42. The molecular weight excluding hydrogens is 409 g/mol. The van der Waals surface area contributed by atoms with Crippen LogP contribution in [0, 0.1) is 0 Å². The highest BCUT2D eigenvalue weighted by Gasteiger charge is 2.18. The van der Waals surface area contributed by atoms with E-state index in [1.165, 1.54) is 109 Å². The van der Waals surface area contributed by atoms with Crippen LogP contribution in [0.1, 0.15) is 115 Å². The van der Waals surface area contributed by atoms with Crippen LogP contribution in [-0.4, -0.2) is 25.1 Å². The van der Waals surface area contributed by atoms with Gasteiger partial charge in [-0.25, -0.2) is 0 Å². The van der Waals surface area contributed by atoms with Crippen LogP contribution in [0.4, 0.5) is 0 Å².